The van der Waals surface area contributed by atoms with Crippen molar-refractivity contribution in [2.75, 3.05) is 13.1 Å². The molecule has 0 saturated carbocycles. The molecular formula is C17H28N2. The van der Waals surface area contributed by atoms with E-state index in [-0.39, 0.29) is 6.04 Å². The lowest BCUT2D eigenvalue weighted by Crippen LogP contribution is -2.39. The van der Waals surface area contributed by atoms with E-state index in [0.717, 1.165) is 13.0 Å². The van der Waals surface area contributed by atoms with E-state index in [4.69, 9.17) is 5.73 Å². The van der Waals surface area contributed by atoms with Crippen LogP contribution in [-0.2, 0) is 0 Å². The first-order valence-electron chi connectivity index (χ1n) is 7.47. The van der Waals surface area contributed by atoms with E-state index in [0.29, 0.717) is 5.54 Å². The van der Waals surface area contributed by atoms with Gasteiger partial charge in [0, 0.05) is 18.1 Å². The second-order valence-electron chi connectivity index (χ2n) is 6.72. The van der Waals surface area contributed by atoms with Crippen molar-refractivity contribution in [3.8, 4) is 0 Å². The Morgan fingerprint density at radius 2 is 1.84 bits per heavy atom. The van der Waals surface area contributed by atoms with Gasteiger partial charge in [0.1, 0.15) is 0 Å². The SMILES string of the molecule is Cc1cc(C)cc(C(N)CCN2CCCC2(C)C)c1. The van der Waals surface area contributed by atoms with Crippen LogP contribution in [0.15, 0.2) is 18.2 Å². The summed E-state index contributed by atoms with van der Waals surface area (Å²) in [5.74, 6) is 0. The van der Waals surface area contributed by atoms with Gasteiger partial charge in [-0.05, 0) is 59.1 Å². The molecule has 1 fully saturated rings. The van der Waals surface area contributed by atoms with Crippen molar-refractivity contribution in [2.24, 2.45) is 5.73 Å². The highest BCUT2D eigenvalue weighted by molar-refractivity contribution is 5.30. The van der Waals surface area contributed by atoms with Crippen molar-refractivity contribution in [3.05, 3.63) is 34.9 Å². The van der Waals surface area contributed by atoms with Crippen LogP contribution in [0.5, 0.6) is 0 Å². The van der Waals surface area contributed by atoms with E-state index < -0.39 is 0 Å². The zero-order chi connectivity index (χ0) is 14.0. The summed E-state index contributed by atoms with van der Waals surface area (Å²) in [5.41, 5.74) is 10.6. The summed E-state index contributed by atoms with van der Waals surface area (Å²) in [6.45, 7) is 11.3. The Balaban J connectivity index is 1.96. The first kappa shape index (κ1) is 14.5. The van der Waals surface area contributed by atoms with Gasteiger partial charge in [-0.25, -0.2) is 0 Å². The number of nitrogens with zero attached hydrogens (tertiary/aromatic N) is 1. The molecule has 1 aromatic carbocycles. The van der Waals surface area contributed by atoms with E-state index in [1.54, 1.807) is 0 Å². The fourth-order valence-electron chi connectivity index (χ4n) is 3.26. The summed E-state index contributed by atoms with van der Waals surface area (Å²) in [4.78, 5) is 2.59. The molecule has 1 unspecified atom stereocenters. The second kappa shape index (κ2) is 5.64. The molecule has 1 aliphatic heterocycles. The number of hydrogen-bond acceptors (Lipinski definition) is 2. The minimum Gasteiger partial charge on any atom is -0.324 e. The van der Waals surface area contributed by atoms with Gasteiger partial charge < -0.3 is 5.73 Å². The van der Waals surface area contributed by atoms with Crippen molar-refractivity contribution in [2.45, 2.75) is 58.5 Å². The lowest BCUT2D eigenvalue weighted by Gasteiger charge is -2.32. The van der Waals surface area contributed by atoms with Gasteiger partial charge in [0.15, 0.2) is 0 Å². The third-order valence-corrected chi connectivity index (χ3v) is 4.45. The molecule has 2 nitrogen and oxygen atoms in total. The second-order valence-corrected chi connectivity index (χ2v) is 6.72. The van der Waals surface area contributed by atoms with Crippen molar-refractivity contribution >= 4 is 0 Å². The molecule has 106 valence electrons. The Bertz CT molecular complexity index is 417. The largest absolute Gasteiger partial charge is 0.324 e. The molecule has 0 aliphatic carbocycles. The Morgan fingerprint density at radius 1 is 1.21 bits per heavy atom. The molecule has 1 aliphatic rings. The molecule has 0 radical (unpaired) electrons. The van der Waals surface area contributed by atoms with Gasteiger partial charge in [-0.2, -0.15) is 0 Å². The maximum Gasteiger partial charge on any atom is 0.0307 e. The molecular weight excluding hydrogens is 232 g/mol. The van der Waals surface area contributed by atoms with Crippen molar-refractivity contribution < 1.29 is 0 Å². The third kappa shape index (κ3) is 3.58. The van der Waals surface area contributed by atoms with E-state index in [1.165, 1.54) is 36.1 Å². The Morgan fingerprint density at radius 3 is 2.37 bits per heavy atom. The van der Waals surface area contributed by atoms with Crippen molar-refractivity contribution in [3.63, 3.8) is 0 Å². The Kier molecular flexibility index (Phi) is 4.32. The van der Waals surface area contributed by atoms with E-state index in [9.17, 15) is 0 Å². The highest BCUT2D eigenvalue weighted by Crippen LogP contribution is 2.29. The first-order chi connectivity index (χ1) is 8.88. The minimum absolute atomic E-state index is 0.162. The molecule has 1 atom stereocenters. The first-order valence-corrected chi connectivity index (χ1v) is 7.47. The zero-order valence-corrected chi connectivity index (χ0v) is 12.9. The maximum absolute atomic E-state index is 6.37. The fraction of sp³-hybridized carbons (Fsp3) is 0.647. The normalized spacial score (nSPS) is 20.7. The Hall–Kier alpha value is -0.860. The van der Waals surface area contributed by atoms with Crippen LogP contribution < -0.4 is 5.73 Å². The minimum atomic E-state index is 0.162. The van der Waals surface area contributed by atoms with Crippen LogP contribution in [0.2, 0.25) is 0 Å². The van der Waals surface area contributed by atoms with Crippen LogP contribution in [0.1, 0.15) is 55.8 Å². The summed E-state index contributed by atoms with van der Waals surface area (Å²) >= 11 is 0. The highest BCUT2D eigenvalue weighted by atomic mass is 15.2. The lowest BCUT2D eigenvalue weighted by molar-refractivity contribution is 0.169. The zero-order valence-electron chi connectivity index (χ0n) is 12.9. The lowest BCUT2D eigenvalue weighted by atomic mass is 9.98. The van der Waals surface area contributed by atoms with Crippen LogP contribution in [-0.4, -0.2) is 23.5 Å². The molecule has 1 aromatic rings. The van der Waals surface area contributed by atoms with Gasteiger partial charge in [0.05, 0.1) is 0 Å². The quantitative estimate of drug-likeness (QED) is 0.896. The summed E-state index contributed by atoms with van der Waals surface area (Å²) in [7, 11) is 0. The van der Waals surface area contributed by atoms with E-state index in [1.807, 2.05) is 0 Å². The molecule has 19 heavy (non-hydrogen) atoms. The molecule has 0 amide bonds. The van der Waals surface area contributed by atoms with Gasteiger partial charge in [-0.15, -0.1) is 0 Å². The van der Waals surface area contributed by atoms with Gasteiger partial charge in [0.25, 0.3) is 0 Å². The van der Waals surface area contributed by atoms with Crippen molar-refractivity contribution in [1.29, 1.82) is 0 Å². The number of benzene rings is 1. The van der Waals surface area contributed by atoms with Crippen LogP contribution in [0, 0.1) is 13.8 Å². The van der Waals surface area contributed by atoms with Gasteiger partial charge in [-0.1, -0.05) is 29.3 Å². The number of rotatable bonds is 4. The smallest absolute Gasteiger partial charge is 0.0307 e. The maximum atomic E-state index is 6.37. The van der Waals surface area contributed by atoms with Crippen molar-refractivity contribution in [1.82, 2.24) is 4.90 Å². The van der Waals surface area contributed by atoms with Gasteiger partial charge >= 0.3 is 0 Å². The van der Waals surface area contributed by atoms with E-state index >= 15 is 0 Å². The van der Waals surface area contributed by atoms with Gasteiger partial charge in [-0.3, -0.25) is 4.90 Å². The highest BCUT2D eigenvalue weighted by Gasteiger charge is 2.31. The molecule has 2 N–H and O–H groups in total. The van der Waals surface area contributed by atoms with Crippen LogP contribution in [0.25, 0.3) is 0 Å². The molecule has 0 spiro atoms. The molecule has 2 heteroatoms. The standard InChI is InChI=1S/C17H28N2/c1-13-10-14(2)12-15(11-13)16(18)6-9-19-8-5-7-17(19,3)4/h10-12,16H,5-9,18H2,1-4H3. The number of nitrogens with two attached hydrogens (primary N) is 1. The molecule has 0 bridgehead atoms. The monoisotopic (exact) mass is 260 g/mol. The van der Waals surface area contributed by atoms with E-state index in [2.05, 4.69) is 50.8 Å². The van der Waals surface area contributed by atoms with Crippen LogP contribution in [0.4, 0.5) is 0 Å². The molecule has 2 rings (SSSR count). The summed E-state index contributed by atoms with van der Waals surface area (Å²) in [5, 5.41) is 0. The number of likely N-dealkylation sites (tertiary alicyclic amines) is 1. The topological polar surface area (TPSA) is 29.3 Å². The predicted molar refractivity (Wildman–Crippen MR) is 82.3 cm³/mol. The summed E-state index contributed by atoms with van der Waals surface area (Å²) in [6.07, 6.45) is 3.68. The average Bonchev–Trinajstić information content (AvgIpc) is 2.64. The molecule has 0 aromatic heterocycles. The predicted octanol–water partition coefficient (Wildman–Crippen LogP) is 3.57. The van der Waals surface area contributed by atoms with Gasteiger partial charge in [0.2, 0.25) is 0 Å². The van der Waals surface area contributed by atoms with Crippen LogP contribution in [0.3, 0.4) is 0 Å². The summed E-state index contributed by atoms with van der Waals surface area (Å²) < 4.78 is 0. The Labute approximate surface area is 118 Å². The average molecular weight is 260 g/mol. The number of hydrogen-bond donors (Lipinski definition) is 1. The summed E-state index contributed by atoms with van der Waals surface area (Å²) in [6, 6.07) is 6.83. The number of aryl methyl sites for hydroxylation is 2. The third-order valence-electron chi connectivity index (χ3n) is 4.45. The molecule has 1 heterocycles. The molecule has 1 saturated heterocycles. The fourth-order valence-corrected chi connectivity index (χ4v) is 3.26. The van der Waals surface area contributed by atoms with Crippen LogP contribution >= 0.6 is 0 Å².